The SMILES string of the molecule is COCCNCc1nc(C)cc2c1c(=O)cc(Sc1ccccc1)n2-c1ccccc1. The predicted octanol–water partition coefficient (Wildman–Crippen LogP) is 4.58. The summed E-state index contributed by atoms with van der Waals surface area (Å²) in [6.45, 7) is 3.78. The van der Waals surface area contributed by atoms with Gasteiger partial charge in [0, 0.05) is 42.5 Å². The molecule has 0 aliphatic carbocycles. The summed E-state index contributed by atoms with van der Waals surface area (Å²) in [7, 11) is 1.67. The number of benzene rings is 2. The molecule has 0 spiro atoms. The first kappa shape index (κ1) is 21.3. The Labute approximate surface area is 186 Å². The van der Waals surface area contributed by atoms with Crippen LogP contribution in [0.1, 0.15) is 11.4 Å². The molecule has 6 heteroatoms. The van der Waals surface area contributed by atoms with Crippen LogP contribution in [0.15, 0.2) is 87.5 Å². The number of para-hydroxylation sites is 1. The molecule has 4 aromatic rings. The Morgan fingerprint density at radius 1 is 1.03 bits per heavy atom. The molecule has 0 fully saturated rings. The van der Waals surface area contributed by atoms with Gasteiger partial charge in [0.25, 0.3) is 0 Å². The fourth-order valence-electron chi connectivity index (χ4n) is 3.57. The Morgan fingerprint density at radius 2 is 1.74 bits per heavy atom. The number of aryl methyl sites for hydroxylation is 1. The van der Waals surface area contributed by atoms with Gasteiger partial charge in [-0.05, 0) is 37.3 Å². The van der Waals surface area contributed by atoms with Gasteiger partial charge in [0.2, 0.25) is 0 Å². The minimum atomic E-state index is -0.0170. The number of nitrogens with one attached hydrogen (secondary N) is 1. The summed E-state index contributed by atoms with van der Waals surface area (Å²) in [6.07, 6.45) is 0. The highest BCUT2D eigenvalue weighted by Gasteiger charge is 2.16. The molecule has 5 nitrogen and oxygen atoms in total. The third kappa shape index (κ3) is 4.88. The van der Waals surface area contributed by atoms with E-state index in [1.807, 2.05) is 49.4 Å². The van der Waals surface area contributed by atoms with Gasteiger partial charge in [0.05, 0.1) is 28.2 Å². The molecule has 0 atom stereocenters. The normalized spacial score (nSPS) is 11.2. The van der Waals surface area contributed by atoms with E-state index in [0.717, 1.165) is 32.5 Å². The van der Waals surface area contributed by atoms with E-state index in [0.29, 0.717) is 25.1 Å². The quantitative estimate of drug-likeness (QED) is 0.414. The average molecular weight is 432 g/mol. The number of aromatic nitrogens is 2. The largest absolute Gasteiger partial charge is 0.383 e. The van der Waals surface area contributed by atoms with Crippen LogP contribution in [0.2, 0.25) is 0 Å². The van der Waals surface area contributed by atoms with Gasteiger partial charge in [-0.1, -0.05) is 48.2 Å². The van der Waals surface area contributed by atoms with Crippen molar-refractivity contribution in [3.63, 3.8) is 0 Å². The molecule has 0 saturated heterocycles. The number of nitrogens with zero attached hydrogens (tertiary/aromatic N) is 2. The molecule has 1 N–H and O–H groups in total. The molecule has 0 unspecified atom stereocenters. The fourth-order valence-corrected chi connectivity index (χ4v) is 4.56. The lowest BCUT2D eigenvalue weighted by atomic mass is 10.1. The Bertz CT molecular complexity index is 1220. The number of rotatable bonds is 8. The number of pyridine rings is 2. The molecule has 0 saturated carbocycles. The van der Waals surface area contributed by atoms with Gasteiger partial charge < -0.3 is 14.6 Å². The number of ether oxygens (including phenoxy) is 1. The first-order chi connectivity index (χ1) is 15.2. The standard InChI is InChI=1S/C25H25N3O2S/c1-18-15-22-25(21(27-18)17-26-13-14-30-2)23(29)16-24(31-20-11-7-4-8-12-20)28(22)19-9-5-3-6-10-19/h3-12,15-16,26H,13-14,17H2,1-2H3. The second-order valence-electron chi connectivity index (χ2n) is 7.21. The topological polar surface area (TPSA) is 56.1 Å². The van der Waals surface area contributed by atoms with Crippen LogP contribution in [0.25, 0.3) is 16.6 Å². The van der Waals surface area contributed by atoms with Crippen LogP contribution in [-0.2, 0) is 11.3 Å². The molecule has 0 amide bonds. The second-order valence-corrected chi connectivity index (χ2v) is 8.30. The molecular weight excluding hydrogens is 406 g/mol. The summed E-state index contributed by atoms with van der Waals surface area (Å²) >= 11 is 1.58. The Hall–Kier alpha value is -2.93. The van der Waals surface area contributed by atoms with E-state index < -0.39 is 0 Å². The molecule has 0 radical (unpaired) electrons. The van der Waals surface area contributed by atoms with E-state index in [2.05, 4.69) is 39.1 Å². The minimum Gasteiger partial charge on any atom is -0.383 e. The van der Waals surface area contributed by atoms with E-state index in [1.54, 1.807) is 24.9 Å². The van der Waals surface area contributed by atoms with Crippen molar-refractivity contribution in [3.05, 3.63) is 94.4 Å². The Kier molecular flexibility index (Phi) is 6.82. The fraction of sp³-hybridized carbons (Fsp3) is 0.200. The maximum Gasteiger partial charge on any atom is 0.192 e. The summed E-state index contributed by atoms with van der Waals surface area (Å²) in [4.78, 5) is 19.0. The monoisotopic (exact) mass is 431 g/mol. The van der Waals surface area contributed by atoms with Crippen molar-refractivity contribution < 1.29 is 4.74 Å². The van der Waals surface area contributed by atoms with E-state index in [-0.39, 0.29) is 5.43 Å². The number of fused-ring (bicyclic) bond motifs is 1. The van der Waals surface area contributed by atoms with Crippen LogP contribution >= 0.6 is 11.8 Å². The summed E-state index contributed by atoms with van der Waals surface area (Å²) in [5.41, 5.74) is 3.50. The zero-order valence-electron chi connectivity index (χ0n) is 17.7. The van der Waals surface area contributed by atoms with Gasteiger partial charge in [0.15, 0.2) is 5.43 Å². The molecule has 2 heterocycles. The van der Waals surface area contributed by atoms with E-state index in [9.17, 15) is 4.79 Å². The Balaban J connectivity index is 1.91. The van der Waals surface area contributed by atoms with Crippen LogP contribution in [0.5, 0.6) is 0 Å². The van der Waals surface area contributed by atoms with Crippen molar-refractivity contribution in [2.24, 2.45) is 0 Å². The van der Waals surface area contributed by atoms with Gasteiger partial charge in [0.1, 0.15) is 0 Å². The number of hydrogen-bond acceptors (Lipinski definition) is 5. The van der Waals surface area contributed by atoms with Crippen LogP contribution in [0.4, 0.5) is 0 Å². The lowest BCUT2D eigenvalue weighted by Gasteiger charge is -2.18. The molecule has 4 rings (SSSR count). The van der Waals surface area contributed by atoms with Crippen LogP contribution in [-0.4, -0.2) is 29.8 Å². The van der Waals surface area contributed by atoms with Crippen LogP contribution in [0, 0.1) is 6.92 Å². The zero-order chi connectivity index (χ0) is 21.6. The summed E-state index contributed by atoms with van der Waals surface area (Å²) in [6, 6.07) is 24.0. The third-order valence-corrected chi connectivity index (χ3v) is 5.94. The van der Waals surface area contributed by atoms with Gasteiger partial charge in [-0.25, -0.2) is 0 Å². The van der Waals surface area contributed by atoms with Crippen molar-refractivity contribution in [3.8, 4) is 5.69 Å². The smallest absolute Gasteiger partial charge is 0.192 e. The first-order valence-electron chi connectivity index (χ1n) is 10.2. The molecule has 2 aromatic carbocycles. The average Bonchev–Trinajstić information content (AvgIpc) is 2.77. The van der Waals surface area contributed by atoms with Crippen molar-refractivity contribution in [2.45, 2.75) is 23.4 Å². The zero-order valence-corrected chi connectivity index (χ0v) is 18.5. The lowest BCUT2D eigenvalue weighted by Crippen LogP contribution is -2.22. The summed E-state index contributed by atoms with van der Waals surface area (Å²) in [5, 5.41) is 4.85. The molecular formula is C25H25N3O2S. The van der Waals surface area contributed by atoms with Crippen LogP contribution in [0.3, 0.4) is 0 Å². The predicted molar refractivity (Wildman–Crippen MR) is 126 cm³/mol. The second kappa shape index (κ2) is 9.92. The van der Waals surface area contributed by atoms with Gasteiger partial charge in [-0.3, -0.25) is 9.78 Å². The van der Waals surface area contributed by atoms with Crippen LogP contribution < -0.4 is 10.7 Å². The molecule has 0 aliphatic heterocycles. The summed E-state index contributed by atoms with van der Waals surface area (Å²) in [5.74, 6) is 0. The molecule has 158 valence electrons. The Morgan fingerprint density at radius 3 is 2.45 bits per heavy atom. The third-order valence-electron chi connectivity index (χ3n) is 4.92. The van der Waals surface area contributed by atoms with Crippen molar-refractivity contribution in [2.75, 3.05) is 20.3 Å². The van der Waals surface area contributed by atoms with E-state index in [4.69, 9.17) is 4.74 Å². The summed E-state index contributed by atoms with van der Waals surface area (Å²) < 4.78 is 7.27. The first-order valence-corrected chi connectivity index (χ1v) is 11.0. The molecule has 31 heavy (non-hydrogen) atoms. The van der Waals surface area contributed by atoms with Gasteiger partial charge in [-0.2, -0.15) is 0 Å². The van der Waals surface area contributed by atoms with Crippen molar-refractivity contribution in [1.82, 2.24) is 14.9 Å². The maximum atomic E-state index is 13.3. The maximum absolute atomic E-state index is 13.3. The minimum absolute atomic E-state index is 0.0170. The van der Waals surface area contributed by atoms with Crippen molar-refractivity contribution in [1.29, 1.82) is 0 Å². The molecule has 2 aromatic heterocycles. The highest BCUT2D eigenvalue weighted by molar-refractivity contribution is 7.99. The number of methoxy groups -OCH3 is 1. The molecule has 0 aliphatic rings. The van der Waals surface area contributed by atoms with Gasteiger partial charge in [-0.15, -0.1) is 0 Å². The van der Waals surface area contributed by atoms with Gasteiger partial charge >= 0.3 is 0 Å². The lowest BCUT2D eigenvalue weighted by molar-refractivity contribution is 0.199. The number of hydrogen-bond donors (Lipinski definition) is 1. The van der Waals surface area contributed by atoms with Crippen molar-refractivity contribution >= 4 is 22.7 Å². The van der Waals surface area contributed by atoms with E-state index in [1.165, 1.54) is 0 Å². The van der Waals surface area contributed by atoms with E-state index >= 15 is 0 Å². The molecule has 0 bridgehead atoms. The highest BCUT2D eigenvalue weighted by Crippen LogP contribution is 2.32. The highest BCUT2D eigenvalue weighted by atomic mass is 32.2.